The summed E-state index contributed by atoms with van der Waals surface area (Å²) in [6, 6.07) is 7.62. The summed E-state index contributed by atoms with van der Waals surface area (Å²) in [6.07, 6.45) is 2.87. The Hall–Kier alpha value is -0.669. The molecule has 0 aliphatic rings. The Balaban J connectivity index is 0.000000605. The molecule has 0 saturated heterocycles. The molecular weight excluding hydrogens is 180 g/mol. The maximum atomic E-state index is 5.66. The number of rotatable bonds is 0. The van der Waals surface area contributed by atoms with E-state index in [9.17, 15) is 0 Å². The van der Waals surface area contributed by atoms with Crippen molar-refractivity contribution in [2.45, 2.75) is 0 Å². The molecule has 1 aromatic carbocycles. The molecule has 0 aliphatic carbocycles. The molecule has 1 aromatic heterocycles. The van der Waals surface area contributed by atoms with E-state index < -0.39 is 0 Å². The number of fused-ring (bicyclic) bond motifs is 1. The SMILES string of the molecule is [B]c1cccc2[nH][c-]cc12.[Co]. The van der Waals surface area contributed by atoms with Gasteiger partial charge in [-0.3, -0.25) is 0 Å². The Morgan fingerprint density at radius 3 is 2.91 bits per heavy atom. The fraction of sp³-hybridized carbons (Fsp3) is 0. The fourth-order valence-corrected chi connectivity index (χ4v) is 1.04. The number of nitrogens with one attached hydrogen (secondary N) is 1. The van der Waals surface area contributed by atoms with E-state index in [4.69, 9.17) is 7.85 Å². The standard InChI is InChI=1S/C8H5BN.Co/c9-7-2-1-3-8-6(7)4-5-10-8;/h1-4,10H;/q-1;. The molecule has 11 heavy (non-hydrogen) atoms. The van der Waals surface area contributed by atoms with E-state index >= 15 is 0 Å². The molecule has 1 N–H and O–H groups in total. The van der Waals surface area contributed by atoms with Crippen molar-refractivity contribution in [1.29, 1.82) is 0 Å². The average molecular weight is 185 g/mol. The molecule has 0 unspecified atom stereocenters. The van der Waals surface area contributed by atoms with Gasteiger partial charge >= 0.3 is 0 Å². The van der Waals surface area contributed by atoms with Gasteiger partial charge in [0.25, 0.3) is 0 Å². The van der Waals surface area contributed by atoms with E-state index in [1.54, 1.807) is 0 Å². The van der Waals surface area contributed by atoms with Crippen LogP contribution in [0.2, 0.25) is 0 Å². The summed E-state index contributed by atoms with van der Waals surface area (Å²) in [5, 5.41) is 1.04. The number of hydrogen-bond acceptors (Lipinski definition) is 0. The smallest absolute Gasteiger partial charge is 0.0943 e. The minimum absolute atomic E-state index is 0. The summed E-state index contributed by atoms with van der Waals surface area (Å²) >= 11 is 0. The van der Waals surface area contributed by atoms with Crippen LogP contribution in [0.3, 0.4) is 0 Å². The van der Waals surface area contributed by atoms with Gasteiger partial charge in [-0.25, -0.2) is 0 Å². The number of aromatic nitrogens is 1. The van der Waals surface area contributed by atoms with Gasteiger partial charge in [-0.2, -0.15) is 16.9 Å². The van der Waals surface area contributed by atoms with Crippen LogP contribution in [0.25, 0.3) is 10.9 Å². The van der Waals surface area contributed by atoms with Gasteiger partial charge in [0.1, 0.15) is 0 Å². The molecule has 3 radical (unpaired) electrons. The summed E-state index contributed by atoms with van der Waals surface area (Å²) in [4.78, 5) is 2.96. The van der Waals surface area contributed by atoms with Gasteiger partial charge < -0.3 is 4.98 Å². The van der Waals surface area contributed by atoms with Crippen LogP contribution in [0.1, 0.15) is 0 Å². The molecule has 0 atom stereocenters. The zero-order valence-electron chi connectivity index (χ0n) is 5.72. The van der Waals surface area contributed by atoms with Crippen LogP contribution in [0, 0.1) is 6.20 Å². The minimum atomic E-state index is 0. The van der Waals surface area contributed by atoms with E-state index in [1.165, 1.54) is 0 Å². The first-order valence-corrected chi connectivity index (χ1v) is 3.11. The van der Waals surface area contributed by atoms with Crippen molar-refractivity contribution in [3.63, 3.8) is 0 Å². The monoisotopic (exact) mass is 185 g/mol. The summed E-state index contributed by atoms with van der Waals surface area (Å²) < 4.78 is 0. The molecule has 0 bridgehead atoms. The maximum Gasteiger partial charge on any atom is 0.0943 e. The van der Waals surface area contributed by atoms with E-state index in [1.807, 2.05) is 24.3 Å². The van der Waals surface area contributed by atoms with Crippen molar-refractivity contribution in [1.82, 2.24) is 4.98 Å². The van der Waals surface area contributed by atoms with Crippen LogP contribution in [0.5, 0.6) is 0 Å². The number of hydrogen-bond donors (Lipinski definition) is 1. The molecule has 0 aliphatic heterocycles. The van der Waals surface area contributed by atoms with Crippen molar-refractivity contribution in [2.75, 3.05) is 0 Å². The van der Waals surface area contributed by atoms with Crippen molar-refractivity contribution in [3.8, 4) is 0 Å². The minimum Gasteiger partial charge on any atom is -0.478 e. The van der Waals surface area contributed by atoms with E-state index in [-0.39, 0.29) is 16.8 Å². The van der Waals surface area contributed by atoms with Crippen LogP contribution < -0.4 is 5.46 Å². The van der Waals surface area contributed by atoms with Crippen molar-refractivity contribution in [3.05, 3.63) is 30.5 Å². The maximum absolute atomic E-state index is 5.66. The predicted octanol–water partition coefficient (Wildman–Crippen LogP) is 0.759. The molecule has 0 spiro atoms. The van der Waals surface area contributed by atoms with Gasteiger partial charge in [-0.05, 0) is 0 Å². The normalized spacial score (nSPS) is 9.45. The van der Waals surface area contributed by atoms with Crippen LogP contribution in [-0.2, 0) is 16.8 Å². The Bertz CT molecular complexity index is 356. The van der Waals surface area contributed by atoms with E-state index in [0.29, 0.717) is 0 Å². The Morgan fingerprint density at radius 1 is 1.36 bits per heavy atom. The largest absolute Gasteiger partial charge is 0.478 e. The zero-order valence-corrected chi connectivity index (χ0v) is 6.76. The first kappa shape index (κ1) is 8.43. The van der Waals surface area contributed by atoms with Crippen LogP contribution in [-0.4, -0.2) is 12.8 Å². The van der Waals surface area contributed by atoms with E-state index in [2.05, 4.69) is 11.2 Å². The molecule has 1 heterocycles. The zero-order chi connectivity index (χ0) is 6.97. The van der Waals surface area contributed by atoms with Gasteiger partial charge in [0.2, 0.25) is 0 Å². The molecular formula is C8H5BCoN-. The number of aromatic amines is 1. The third-order valence-corrected chi connectivity index (χ3v) is 1.56. The number of H-pyrrole nitrogens is 1. The van der Waals surface area contributed by atoms with Crippen LogP contribution in [0.4, 0.5) is 0 Å². The second-order valence-corrected chi connectivity index (χ2v) is 2.22. The van der Waals surface area contributed by atoms with Gasteiger partial charge in [0.05, 0.1) is 7.85 Å². The van der Waals surface area contributed by atoms with Gasteiger partial charge in [0, 0.05) is 16.8 Å². The molecule has 2 rings (SSSR count). The molecule has 0 amide bonds. The molecule has 2 aromatic rings. The molecule has 0 saturated carbocycles. The Labute approximate surface area is 76.8 Å². The van der Waals surface area contributed by atoms with Crippen molar-refractivity contribution in [2.24, 2.45) is 0 Å². The summed E-state index contributed by atoms with van der Waals surface area (Å²) in [7, 11) is 5.66. The third kappa shape index (κ3) is 1.34. The van der Waals surface area contributed by atoms with Crippen molar-refractivity contribution >= 4 is 24.2 Å². The van der Waals surface area contributed by atoms with E-state index in [0.717, 1.165) is 16.4 Å². The van der Waals surface area contributed by atoms with Crippen LogP contribution >= 0.6 is 0 Å². The fourth-order valence-electron chi connectivity index (χ4n) is 1.04. The molecule has 55 valence electrons. The first-order valence-electron chi connectivity index (χ1n) is 3.11. The van der Waals surface area contributed by atoms with Gasteiger partial charge in [0.15, 0.2) is 0 Å². The summed E-state index contributed by atoms with van der Waals surface area (Å²) in [5.41, 5.74) is 1.84. The first-order chi connectivity index (χ1) is 4.88. The topological polar surface area (TPSA) is 15.8 Å². The Morgan fingerprint density at radius 2 is 2.18 bits per heavy atom. The molecule has 0 fully saturated rings. The van der Waals surface area contributed by atoms with Crippen molar-refractivity contribution < 1.29 is 16.8 Å². The third-order valence-electron chi connectivity index (χ3n) is 1.56. The quantitative estimate of drug-likeness (QED) is 0.460. The number of benzene rings is 1. The Kier molecular flexibility index (Phi) is 2.42. The summed E-state index contributed by atoms with van der Waals surface area (Å²) in [5.74, 6) is 0. The van der Waals surface area contributed by atoms with Crippen LogP contribution in [0.15, 0.2) is 24.3 Å². The molecule has 1 nitrogen and oxygen atoms in total. The predicted molar refractivity (Wildman–Crippen MR) is 42.5 cm³/mol. The average Bonchev–Trinajstić information content (AvgIpc) is 2.36. The van der Waals surface area contributed by atoms with Gasteiger partial charge in [-0.15, -0.1) is 17.8 Å². The molecule has 3 heteroatoms. The summed E-state index contributed by atoms with van der Waals surface area (Å²) in [6.45, 7) is 0. The second kappa shape index (κ2) is 3.15. The second-order valence-electron chi connectivity index (χ2n) is 2.22. The van der Waals surface area contributed by atoms with Gasteiger partial charge in [-0.1, -0.05) is 12.1 Å².